The molecular weight excluding hydrogens is 240 g/mol. The van der Waals surface area contributed by atoms with Crippen LogP contribution in [0.1, 0.15) is 13.3 Å². The van der Waals surface area contributed by atoms with Crippen LogP contribution < -0.4 is 10.5 Å². The predicted octanol–water partition coefficient (Wildman–Crippen LogP) is 1.22. The third kappa shape index (κ3) is 3.47. The van der Waals surface area contributed by atoms with Gasteiger partial charge in [0.2, 0.25) is 10.0 Å². The van der Waals surface area contributed by atoms with E-state index in [9.17, 15) is 13.5 Å². The average molecular weight is 256 g/mol. The fraction of sp³-hybridized carbons (Fsp3) is 0.273. The number of hydrogen-bond acceptors (Lipinski definition) is 4. The predicted molar refractivity (Wildman–Crippen MR) is 67.1 cm³/mol. The van der Waals surface area contributed by atoms with Crippen molar-refractivity contribution in [3.8, 4) is 5.75 Å². The highest BCUT2D eigenvalue weighted by atomic mass is 32.2. The van der Waals surface area contributed by atoms with Crippen molar-refractivity contribution in [2.75, 3.05) is 5.73 Å². The van der Waals surface area contributed by atoms with Crippen molar-refractivity contribution in [3.63, 3.8) is 0 Å². The lowest BCUT2D eigenvalue weighted by molar-refractivity contribution is 0.477. The van der Waals surface area contributed by atoms with Crippen LogP contribution >= 0.6 is 0 Å². The van der Waals surface area contributed by atoms with E-state index in [0.717, 1.165) is 0 Å². The van der Waals surface area contributed by atoms with E-state index in [1.165, 1.54) is 18.2 Å². The minimum absolute atomic E-state index is 0.0312. The van der Waals surface area contributed by atoms with Crippen LogP contribution in [0.3, 0.4) is 0 Å². The molecule has 1 atom stereocenters. The lowest BCUT2D eigenvalue weighted by Gasteiger charge is -2.12. The normalized spacial score (nSPS) is 13.2. The lowest BCUT2D eigenvalue weighted by Crippen LogP contribution is -2.32. The van der Waals surface area contributed by atoms with E-state index in [0.29, 0.717) is 6.42 Å². The molecule has 0 saturated heterocycles. The Balaban J connectivity index is 2.97. The zero-order valence-corrected chi connectivity index (χ0v) is 10.4. The first-order valence-electron chi connectivity index (χ1n) is 5.08. The zero-order chi connectivity index (χ0) is 13.1. The maximum absolute atomic E-state index is 11.9. The fourth-order valence-corrected chi connectivity index (χ4v) is 2.62. The molecule has 0 aromatic heterocycles. The summed E-state index contributed by atoms with van der Waals surface area (Å²) in [5, 5.41) is 9.22. The smallest absolute Gasteiger partial charge is 0.240 e. The molecule has 94 valence electrons. The maximum Gasteiger partial charge on any atom is 0.240 e. The minimum Gasteiger partial charge on any atom is -0.506 e. The van der Waals surface area contributed by atoms with E-state index in [1.54, 1.807) is 13.0 Å². The van der Waals surface area contributed by atoms with Gasteiger partial charge < -0.3 is 10.8 Å². The summed E-state index contributed by atoms with van der Waals surface area (Å²) in [5.41, 5.74) is 5.48. The van der Waals surface area contributed by atoms with Gasteiger partial charge in [-0.2, -0.15) is 0 Å². The van der Waals surface area contributed by atoms with E-state index in [2.05, 4.69) is 11.3 Å². The molecule has 4 N–H and O–H groups in total. The Kier molecular flexibility index (Phi) is 4.14. The van der Waals surface area contributed by atoms with Crippen LogP contribution in [-0.2, 0) is 10.0 Å². The molecule has 0 spiro atoms. The van der Waals surface area contributed by atoms with E-state index < -0.39 is 10.0 Å². The summed E-state index contributed by atoms with van der Waals surface area (Å²) in [6.07, 6.45) is 2.17. The van der Waals surface area contributed by atoms with Crippen molar-refractivity contribution in [2.24, 2.45) is 0 Å². The van der Waals surface area contributed by atoms with Gasteiger partial charge in [-0.1, -0.05) is 6.08 Å². The first kappa shape index (κ1) is 13.5. The van der Waals surface area contributed by atoms with Crippen LogP contribution in [0, 0.1) is 0 Å². The summed E-state index contributed by atoms with van der Waals surface area (Å²) in [4.78, 5) is 0.0312. The number of rotatable bonds is 5. The van der Waals surface area contributed by atoms with Crippen LogP contribution in [0.25, 0.3) is 0 Å². The van der Waals surface area contributed by atoms with Gasteiger partial charge in [-0.25, -0.2) is 13.1 Å². The van der Waals surface area contributed by atoms with Crippen molar-refractivity contribution in [1.29, 1.82) is 0 Å². The summed E-state index contributed by atoms with van der Waals surface area (Å²) >= 11 is 0. The van der Waals surface area contributed by atoms with Crippen molar-refractivity contribution >= 4 is 15.7 Å². The van der Waals surface area contributed by atoms with Crippen LogP contribution in [0.2, 0.25) is 0 Å². The molecule has 0 radical (unpaired) electrons. The second kappa shape index (κ2) is 5.20. The maximum atomic E-state index is 11.9. The number of hydrogen-bond donors (Lipinski definition) is 3. The number of phenolic OH excluding ortho intramolecular Hbond substituents is 1. The number of phenols is 1. The number of benzene rings is 1. The molecule has 0 bridgehead atoms. The van der Waals surface area contributed by atoms with Crippen molar-refractivity contribution in [3.05, 3.63) is 30.9 Å². The lowest BCUT2D eigenvalue weighted by atomic mass is 10.3. The summed E-state index contributed by atoms with van der Waals surface area (Å²) in [7, 11) is -3.61. The minimum atomic E-state index is -3.61. The molecular formula is C11H16N2O3S. The van der Waals surface area contributed by atoms with Gasteiger partial charge in [0, 0.05) is 6.04 Å². The third-order valence-corrected chi connectivity index (χ3v) is 3.77. The number of anilines is 1. The number of nitrogens with one attached hydrogen (secondary N) is 1. The van der Waals surface area contributed by atoms with Gasteiger partial charge in [0.05, 0.1) is 10.6 Å². The highest BCUT2D eigenvalue weighted by Gasteiger charge is 2.17. The number of sulfonamides is 1. The molecule has 0 aliphatic heterocycles. The van der Waals surface area contributed by atoms with Crippen LogP contribution in [0.5, 0.6) is 5.75 Å². The monoisotopic (exact) mass is 256 g/mol. The van der Waals surface area contributed by atoms with Crippen molar-refractivity contribution in [1.82, 2.24) is 4.72 Å². The fourth-order valence-electron chi connectivity index (χ4n) is 1.33. The number of nitrogens with two attached hydrogens (primary N) is 1. The average Bonchev–Trinajstić information content (AvgIpc) is 2.21. The van der Waals surface area contributed by atoms with E-state index in [1.807, 2.05) is 0 Å². The van der Waals surface area contributed by atoms with E-state index in [4.69, 9.17) is 5.73 Å². The Morgan fingerprint density at radius 1 is 1.59 bits per heavy atom. The molecule has 1 unspecified atom stereocenters. The molecule has 0 aliphatic carbocycles. The summed E-state index contributed by atoms with van der Waals surface area (Å²) in [6, 6.07) is 3.53. The largest absolute Gasteiger partial charge is 0.506 e. The Labute approximate surface area is 101 Å². The third-order valence-electron chi connectivity index (χ3n) is 2.19. The molecule has 1 rings (SSSR count). The van der Waals surface area contributed by atoms with Crippen LogP contribution in [-0.4, -0.2) is 19.6 Å². The summed E-state index contributed by atoms with van der Waals surface area (Å²) in [5.74, 6) is -0.136. The van der Waals surface area contributed by atoms with Crippen LogP contribution in [0.4, 0.5) is 5.69 Å². The van der Waals surface area contributed by atoms with Crippen LogP contribution in [0.15, 0.2) is 35.7 Å². The zero-order valence-electron chi connectivity index (χ0n) is 9.55. The van der Waals surface area contributed by atoms with Gasteiger partial charge in [-0.15, -0.1) is 6.58 Å². The number of nitrogen functional groups attached to an aromatic ring is 1. The quantitative estimate of drug-likeness (QED) is 0.419. The molecule has 0 heterocycles. The van der Waals surface area contributed by atoms with Crippen molar-refractivity contribution < 1.29 is 13.5 Å². The van der Waals surface area contributed by atoms with Gasteiger partial charge in [0.1, 0.15) is 5.75 Å². The first-order valence-corrected chi connectivity index (χ1v) is 6.57. The molecule has 0 amide bonds. The van der Waals surface area contributed by atoms with Gasteiger partial charge in [0.15, 0.2) is 0 Å². The Morgan fingerprint density at radius 2 is 2.24 bits per heavy atom. The second-order valence-electron chi connectivity index (χ2n) is 3.77. The Bertz CT molecular complexity index is 511. The highest BCUT2D eigenvalue weighted by Crippen LogP contribution is 2.23. The summed E-state index contributed by atoms with van der Waals surface area (Å²) in [6.45, 7) is 5.28. The molecule has 1 aromatic rings. The molecule has 0 fully saturated rings. The standard InChI is InChI=1S/C11H16N2O3S/c1-3-4-8(2)13-17(15,16)9-5-6-11(14)10(12)7-9/h3,5-8,13-14H,1,4,12H2,2H3. The van der Waals surface area contributed by atoms with Gasteiger partial charge >= 0.3 is 0 Å². The SMILES string of the molecule is C=CCC(C)NS(=O)(=O)c1ccc(O)c(N)c1. The molecule has 6 heteroatoms. The Morgan fingerprint density at radius 3 is 2.76 bits per heavy atom. The van der Waals surface area contributed by atoms with Gasteiger partial charge in [0.25, 0.3) is 0 Å². The highest BCUT2D eigenvalue weighted by molar-refractivity contribution is 7.89. The summed E-state index contributed by atoms with van der Waals surface area (Å²) < 4.78 is 26.3. The molecule has 0 saturated carbocycles. The second-order valence-corrected chi connectivity index (χ2v) is 5.48. The molecule has 1 aromatic carbocycles. The van der Waals surface area contributed by atoms with Gasteiger partial charge in [-0.3, -0.25) is 0 Å². The first-order chi connectivity index (χ1) is 7.86. The molecule has 17 heavy (non-hydrogen) atoms. The van der Waals surface area contributed by atoms with Gasteiger partial charge in [-0.05, 0) is 31.5 Å². The molecule has 5 nitrogen and oxygen atoms in total. The van der Waals surface area contributed by atoms with E-state index >= 15 is 0 Å². The molecule has 0 aliphatic rings. The van der Waals surface area contributed by atoms with Crippen molar-refractivity contribution in [2.45, 2.75) is 24.3 Å². The Hall–Kier alpha value is -1.53. The number of aromatic hydroxyl groups is 1. The topological polar surface area (TPSA) is 92.4 Å². The van der Waals surface area contributed by atoms with E-state index in [-0.39, 0.29) is 22.4 Å².